The number of benzene rings is 1. The molecular formula is C11H12FNO2S. The van der Waals surface area contributed by atoms with Crippen molar-refractivity contribution in [2.75, 3.05) is 18.7 Å². The zero-order valence-electron chi connectivity index (χ0n) is 8.99. The van der Waals surface area contributed by atoms with Gasteiger partial charge in [-0.1, -0.05) is 6.07 Å². The summed E-state index contributed by atoms with van der Waals surface area (Å²) in [5.74, 6) is -0.751. The largest absolute Gasteiger partial charge is 0.465 e. The molecule has 0 aliphatic rings. The molecule has 0 atom stereocenters. The van der Waals surface area contributed by atoms with Gasteiger partial charge in [0.25, 0.3) is 0 Å². The SMILES string of the molecule is COC(=O)/C(=C\Nc1cccc(F)c1)SC. The van der Waals surface area contributed by atoms with E-state index in [2.05, 4.69) is 10.1 Å². The van der Waals surface area contributed by atoms with Gasteiger partial charge in [0.2, 0.25) is 0 Å². The molecule has 1 aromatic carbocycles. The van der Waals surface area contributed by atoms with Crippen LogP contribution in [0, 0.1) is 5.82 Å². The van der Waals surface area contributed by atoms with Gasteiger partial charge >= 0.3 is 5.97 Å². The minimum atomic E-state index is -0.420. The summed E-state index contributed by atoms with van der Waals surface area (Å²) in [4.78, 5) is 11.6. The summed E-state index contributed by atoms with van der Waals surface area (Å²) < 4.78 is 17.4. The van der Waals surface area contributed by atoms with Crippen LogP contribution in [0.2, 0.25) is 0 Å². The summed E-state index contributed by atoms with van der Waals surface area (Å²) in [7, 11) is 1.31. The van der Waals surface area contributed by atoms with E-state index < -0.39 is 5.97 Å². The lowest BCUT2D eigenvalue weighted by Gasteiger charge is -2.04. The maximum absolute atomic E-state index is 12.8. The molecule has 16 heavy (non-hydrogen) atoms. The highest BCUT2D eigenvalue weighted by atomic mass is 32.2. The van der Waals surface area contributed by atoms with Crippen LogP contribution in [-0.4, -0.2) is 19.3 Å². The van der Waals surface area contributed by atoms with Gasteiger partial charge in [-0.15, -0.1) is 11.8 Å². The minimum absolute atomic E-state index is 0.331. The third-order valence-corrected chi connectivity index (χ3v) is 2.53. The third kappa shape index (κ3) is 3.58. The number of esters is 1. The number of halogens is 1. The number of nitrogens with one attached hydrogen (secondary N) is 1. The van der Waals surface area contributed by atoms with Crippen LogP contribution >= 0.6 is 11.8 Å². The zero-order valence-corrected chi connectivity index (χ0v) is 9.81. The van der Waals surface area contributed by atoms with Gasteiger partial charge in [0, 0.05) is 11.9 Å². The van der Waals surface area contributed by atoms with Gasteiger partial charge < -0.3 is 10.1 Å². The number of anilines is 1. The highest BCUT2D eigenvalue weighted by Gasteiger charge is 2.07. The highest BCUT2D eigenvalue weighted by Crippen LogP contribution is 2.15. The molecule has 0 spiro atoms. The van der Waals surface area contributed by atoms with Crippen LogP contribution in [0.1, 0.15) is 0 Å². The Hall–Kier alpha value is -1.49. The van der Waals surface area contributed by atoms with Gasteiger partial charge in [0.05, 0.1) is 7.11 Å². The quantitative estimate of drug-likeness (QED) is 0.649. The average molecular weight is 241 g/mol. The van der Waals surface area contributed by atoms with Crippen molar-refractivity contribution in [2.24, 2.45) is 0 Å². The van der Waals surface area contributed by atoms with E-state index in [0.29, 0.717) is 10.6 Å². The number of ether oxygens (including phenoxy) is 1. The fraction of sp³-hybridized carbons (Fsp3) is 0.182. The van der Waals surface area contributed by atoms with E-state index in [4.69, 9.17) is 0 Å². The van der Waals surface area contributed by atoms with E-state index >= 15 is 0 Å². The number of methoxy groups -OCH3 is 1. The first-order valence-corrected chi connectivity index (χ1v) is 5.74. The molecule has 0 bridgehead atoms. The van der Waals surface area contributed by atoms with Crippen molar-refractivity contribution in [3.63, 3.8) is 0 Å². The van der Waals surface area contributed by atoms with Crippen LogP contribution < -0.4 is 5.32 Å². The second kappa shape index (κ2) is 6.17. The van der Waals surface area contributed by atoms with Gasteiger partial charge in [0.15, 0.2) is 0 Å². The van der Waals surface area contributed by atoms with Crippen LogP contribution in [0.3, 0.4) is 0 Å². The topological polar surface area (TPSA) is 38.3 Å². The molecule has 3 nitrogen and oxygen atoms in total. The Balaban J connectivity index is 2.74. The molecule has 0 amide bonds. The predicted octanol–water partition coefficient (Wildman–Crippen LogP) is 2.62. The van der Waals surface area contributed by atoms with Gasteiger partial charge in [-0.2, -0.15) is 0 Å². The highest BCUT2D eigenvalue weighted by molar-refractivity contribution is 8.03. The smallest absolute Gasteiger partial charge is 0.345 e. The van der Waals surface area contributed by atoms with Gasteiger partial charge in [-0.3, -0.25) is 0 Å². The van der Waals surface area contributed by atoms with Crippen molar-refractivity contribution < 1.29 is 13.9 Å². The Kier molecular flexibility index (Phi) is 4.85. The van der Waals surface area contributed by atoms with E-state index in [0.717, 1.165) is 0 Å². The molecule has 0 saturated carbocycles. The van der Waals surface area contributed by atoms with Crippen LogP contribution in [0.5, 0.6) is 0 Å². The lowest BCUT2D eigenvalue weighted by atomic mass is 10.3. The fourth-order valence-corrected chi connectivity index (χ4v) is 1.46. The predicted molar refractivity (Wildman–Crippen MR) is 63.6 cm³/mol. The Bertz CT molecular complexity index is 407. The number of carbonyl (C=O) groups excluding carboxylic acids is 1. The molecule has 5 heteroatoms. The summed E-state index contributed by atoms with van der Waals surface area (Å²) in [6.07, 6.45) is 3.25. The lowest BCUT2D eigenvalue weighted by Crippen LogP contribution is -2.03. The van der Waals surface area contributed by atoms with Crippen molar-refractivity contribution in [2.45, 2.75) is 0 Å². The van der Waals surface area contributed by atoms with Crippen molar-refractivity contribution in [1.29, 1.82) is 0 Å². The summed E-state index contributed by atoms with van der Waals surface area (Å²) in [6, 6.07) is 5.98. The normalized spacial score (nSPS) is 11.1. The Morgan fingerprint density at radius 3 is 2.88 bits per heavy atom. The summed E-state index contributed by atoms with van der Waals surface area (Å²) in [5, 5.41) is 2.83. The van der Waals surface area contributed by atoms with E-state index in [1.54, 1.807) is 18.4 Å². The van der Waals surface area contributed by atoms with Crippen molar-refractivity contribution in [1.82, 2.24) is 0 Å². The average Bonchev–Trinajstić information content (AvgIpc) is 2.29. The van der Waals surface area contributed by atoms with Crippen molar-refractivity contribution in [3.05, 3.63) is 41.2 Å². The molecular weight excluding hydrogens is 229 g/mol. The molecule has 1 aromatic rings. The molecule has 0 aliphatic carbocycles. The van der Waals surface area contributed by atoms with Gasteiger partial charge in [0.1, 0.15) is 10.7 Å². The van der Waals surface area contributed by atoms with Gasteiger partial charge in [-0.25, -0.2) is 9.18 Å². The maximum Gasteiger partial charge on any atom is 0.345 e. The number of rotatable bonds is 4. The molecule has 0 aromatic heterocycles. The van der Waals surface area contributed by atoms with Gasteiger partial charge in [-0.05, 0) is 24.5 Å². The van der Waals surface area contributed by atoms with Crippen LogP contribution in [0.25, 0.3) is 0 Å². The first-order valence-electron chi connectivity index (χ1n) is 4.52. The Morgan fingerprint density at radius 2 is 2.31 bits per heavy atom. The van der Waals surface area contributed by atoms with Crippen LogP contribution in [0.4, 0.5) is 10.1 Å². The third-order valence-electron chi connectivity index (χ3n) is 1.80. The fourth-order valence-electron chi connectivity index (χ4n) is 1.03. The zero-order chi connectivity index (χ0) is 12.0. The van der Waals surface area contributed by atoms with Crippen LogP contribution in [0.15, 0.2) is 35.4 Å². The first kappa shape index (κ1) is 12.6. The molecule has 0 heterocycles. The van der Waals surface area contributed by atoms with E-state index in [1.807, 2.05) is 0 Å². The van der Waals surface area contributed by atoms with Crippen molar-refractivity contribution in [3.8, 4) is 0 Å². The maximum atomic E-state index is 12.8. The standard InChI is InChI=1S/C11H12FNO2S/c1-15-11(14)10(16-2)7-13-9-5-3-4-8(12)6-9/h3-7,13H,1-2H3/b10-7+. The van der Waals surface area contributed by atoms with E-state index in [1.165, 1.54) is 37.2 Å². The summed E-state index contributed by atoms with van der Waals surface area (Å²) >= 11 is 1.26. The monoisotopic (exact) mass is 241 g/mol. The summed E-state index contributed by atoms with van der Waals surface area (Å²) in [5.41, 5.74) is 0.579. The van der Waals surface area contributed by atoms with E-state index in [9.17, 15) is 9.18 Å². The summed E-state index contributed by atoms with van der Waals surface area (Å²) in [6.45, 7) is 0. The number of hydrogen-bond donors (Lipinski definition) is 1. The van der Waals surface area contributed by atoms with Crippen molar-refractivity contribution >= 4 is 23.4 Å². The number of thioether (sulfide) groups is 1. The molecule has 0 aliphatic heterocycles. The molecule has 0 saturated heterocycles. The molecule has 0 fully saturated rings. The Morgan fingerprint density at radius 1 is 1.56 bits per heavy atom. The molecule has 1 N–H and O–H groups in total. The molecule has 86 valence electrons. The number of hydrogen-bond acceptors (Lipinski definition) is 4. The lowest BCUT2D eigenvalue weighted by molar-refractivity contribution is -0.135. The van der Waals surface area contributed by atoms with E-state index in [-0.39, 0.29) is 5.82 Å². The second-order valence-corrected chi connectivity index (χ2v) is 3.71. The molecule has 0 unspecified atom stereocenters. The first-order chi connectivity index (χ1) is 7.67. The van der Waals surface area contributed by atoms with Crippen LogP contribution in [-0.2, 0) is 9.53 Å². The Labute approximate surface area is 97.7 Å². The molecule has 1 rings (SSSR count). The molecule has 0 radical (unpaired) electrons. The number of carbonyl (C=O) groups is 1. The minimum Gasteiger partial charge on any atom is -0.465 e. The second-order valence-electron chi connectivity index (χ2n) is 2.86.